The van der Waals surface area contributed by atoms with Gasteiger partial charge in [0, 0.05) is 16.5 Å². The number of hydrogen-bond acceptors (Lipinski definition) is 8. The van der Waals surface area contributed by atoms with Crippen molar-refractivity contribution in [1.29, 1.82) is 0 Å². The van der Waals surface area contributed by atoms with Crippen molar-refractivity contribution in [2.45, 2.75) is 22.4 Å². The van der Waals surface area contributed by atoms with Crippen LogP contribution in [0.5, 0.6) is 11.5 Å². The highest BCUT2D eigenvalue weighted by Crippen LogP contribution is 2.53. The summed E-state index contributed by atoms with van der Waals surface area (Å²) in [6.45, 7) is -0.556. The van der Waals surface area contributed by atoms with Gasteiger partial charge in [0.15, 0.2) is 18.1 Å². The van der Waals surface area contributed by atoms with Crippen molar-refractivity contribution < 1.29 is 41.4 Å². The molecule has 3 amide bonds. The molecule has 0 saturated carbocycles. The molecule has 1 saturated heterocycles. The third-order valence-electron chi connectivity index (χ3n) is 7.29. The Kier molecular flexibility index (Phi) is 7.91. The lowest BCUT2D eigenvalue weighted by Crippen LogP contribution is -2.32. The van der Waals surface area contributed by atoms with Gasteiger partial charge in [0.2, 0.25) is 11.8 Å². The number of carbonyl (C=O) groups excluding carboxylic acids is 3. The molecule has 232 valence electrons. The van der Waals surface area contributed by atoms with Crippen LogP contribution in [0.1, 0.15) is 21.9 Å². The molecule has 15 heteroatoms. The van der Waals surface area contributed by atoms with E-state index < -0.39 is 59.0 Å². The molecule has 1 fully saturated rings. The Labute approximate surface area is 260 Å². The molecule has 0 aliphatic carbocycles. The number of carbonyl (C=O) groups is 3. The summed E-state index contributed by atoms with van der Waals surface area (Å²) in [4.78, 5) is 56.1. The number of thioether (sulfide) groups is 1. The van der Waals surface area contributed by atoms with Gasteiger partial charge in [0.1, 0.15) is 11.1 Å². The number of fused-ring (bicyclic) bond motifs is 2. The molecule has 9 nitrogen and oxygen atoms in total. The maximum Gasteiger partial charge on any atom is 0.416 e. The Hall–Kier alpha value is -4.63. The van der Waals surface area contributed by atoms with E-state index in [0.29, 0.717) is 15.5 Å². The van der Waals surface area contributed by atoms with Crippen LogP contribution >= 0.6 is 23.1 Å². The highest BCUT2D eigenvalue weighted by atomic mass is 32.2. The number of methoxy groups -OCH3 is 1. The van der Waals surface area contributed by atoms with Crippen molar-refractivity contribution in [3.63, 3.8) is 0 Å². The van der Waals surface area contributed by atoms with Gasteiger partial charge in [-0.25, -0.2) is 9.29 Å². The first-order chi connectivity index (χ1) is 21.4. The summed E-state index contributed by atoms with van der Waals surface area (Å²) < 4.78 is 63.7. The van der Waals surface area contributed by atoms with Gasteiger partial charge in [-0.15, -0.1) is 0 Å². The molecule has 1 aromatic heterocycles. The van der Waals surface area contributed by atoms with E-state index in [9.17, 15) is 36.7 Å². The number of ether oxygens (including phenoxy) is 2. The average Bonchev–Trinajstić information content (AvgIpc) is 3.50. The summed E-state index contributed by atoms with van der Waals surface area (Å²) >= 11 is 2.01. The number of nitrogens with one attached hydrogen (secondary N) is 2. The van der Waals surface area contributed by atoms with Crippen molar-refractivity contribution in [3.8, 4) is 11.5 Å². The minimum Gasteiger partial charge on any atom is -0.493 e. The largest absolute Gasteiger partial charge is 0.493 e. The first-order valence-corrected chi connectivity index (χ1v) is 14.9. The molecule has 3 atom stereocenters. The lowest BCUT2D eigenvalue weighted by atomic mass is 9.83. The van der Waals surface area contributed by atoms with Crippen LogP contribution in [-0.4, -0.2) is 41.7 Å². The smallest absolute Gasteiger partial charge is 0.416 e. The Balaban J connectivity index is 1.26. The molecule has 0 spiro atoms. The van der Waals surface area contributed by atoms with Crippen molar-refractivity contribution in [1.82, 2.24) is 4.98 Å². The minimum atomic E-state index is -4.57. The summed E-state index contributed by atoms with van der Waals surface area (Å²) in [6, 6.07) is 13.9. The predicted molar refractivity (Wildman–Crippen MR) is 157 cm³/mol. The Morgan fingerprint density at radius 3 is 2.47 bits per heavy atom. The zero-order valence-electron chi connectivity index (χ0n) is 23.0. The molecule has 4 aromatic rings. The quantitative estimate of drug-likeness (QED) is 0.201. The zero-order chi connectivity index (χ0) is 32.0. The number of thiazole rings is 1. The molecule has 0 bridgehead atoms. The molecule has 3 aromatic carbocycles. The van der Waals surface area contributed by atoms with Crippen LogP contribution in [-0.2, 0) is 20.6 Å². The van der Waals surface area contributed by atoms with Gasteiger partial charge in [-0.2, -0.15) is 13.2 Å². The first-order valence-electron chi connectivity index (χ1n) is 13.3. The van der Waals surface area contributed by atoms with E-state index in [1.54, 1.807) is 12.1 Å². The monoisotopic (exact) mass is 659 g/mol. The fraction of sp³-hybridized carbons (Fsp3) is 0.200. The molecule has 3 heterocycles. The summed E-state index contributed by atoms with van der Waals surface area (Å²) in [5, 5.41) is 1.95. The number of anilines is 2. The van der Waals surface area contributed by atoms with E-state index in [4.69, 9.17) is 9.47 Å². The van der Waals surface area contributed by atoms with Gasteiger partial charge in [-0.1, -0.05) is 35.2 Å². The number of H-pyrrole nitrogens is 1. The second-order valence-corrected chi connectivity index (χ2v) is 12.2. The molecular weight excluding hydrogens is 638 g/mol. The van der Waals surface area contributed by atoms with Gasteiger partial charge in [-0.3, -0.25) is 19.2 Å². The highest BCUT2D eigenvalue weighted by molar-refractivity contribution is 8.00. The SMILES string of the molecule is COc1cc([C@@H]2c3sc(=O)[nH]c3S[C@H]3C(=O)N(c4ccc(F)cc4)C(=O)[C@@H]23)ccc1OCC(=O)Nc1cccc(C(F)(F)F)c1. The molecule has 2 N–H and O–H groups in total. The maximum atomic E-state index is 13.8. The fourth-order valence-corrected chi connectivity index (χ4v) is 7.85. The number of aromatic amines is 1. The Morgan fingerprint density at radius 1 is 1.00 bits per heavy atom. The Bertz CT molecular complexity index is 1870. The van der Waals surface area contributed by atoms with E-state index in [1.165, 1.54) is 37.4 Å². The number of nitrogens with zero attached hydrogens (tertiary/aromatic N) is 1. The van der Waals surface area contributed by atoms with Crippen molar-refractivity contribution in [2.75, 3.05) is 23.9 Å². The van der Waals surface area contributed by atoms with Gasteiger partial charge in [0.25, 0.3) is 5.91 Å². The van der Waals surface area contributed by atoms with Gasteiger partial charge >= 0.3 is 11.0 Å². The molecule has 45 heavy (non-hydrogen) atoms. The summed E-state index contributed by atoms with van der Waals surface area (Å²) in [5.41, 5.74) is -0.221. The minimum absolute atomic E-state index is 0.0581. The van der Waals surface area contributed by atoms with E-state index in [1.807, 2.05) is 0 Å². The van der Waals surface area contributed by atoms with Gasteiger partial charge in [0.05, 0.1) is 29.3 Å². The van der Waals surface area contributed by atoms with Crippen LogP contribution in [0, 0.1) is 11.7 Å². The molecule has 2 aliphatic heterocycles. The zero-order valence-corrected chi connectivity index (χ0v) is 24.6. The Morgan fingerprint density at radius 2 is 1.76 bits per heavy atom. The van der Waals surface area contributed by atoms with Crippen molar-refractivity contribution in [2.24, 2.45) is 5.92 Å². The summed E-state index contributed by atoms with van der Waals surface area (Å²) in [5.74, 6) is -3.58. The third kappa shape index (κ3) is 5.80. The van der Waals surface area contributed by atoms with E-state index in [-0.39, 0.29) is 27.7 Å². The number of rotatable bonds is 7. The van der Waals surface area contributed by atoms with Crippen LogP contribution in [0.3, 0.4) is 0 Å². The summed E-state index contributed by atoms with van der Waals surface area (Å²) in [6.07, 6.45) is -4.57. The lowest BCUT2D eigenvalue weighted by molar-refractivity contribution is -0.137. The number of halogens is 4. The van der Waals surface area contributed by atoms with Crippen LogP contribution in [0.4, 0.5) is 28.9 Å². The van der Waals surface area contributed by atoms with E-state index >= 15 is 0 Å². The first kappa shape index (κ1) is 30.4. The normalized spacial score (nSPS) is 19.2. The van der Waals surface area contributed by atoms with Crippen LogP contribution in [0.2, 0.25) is 0 Å². The second kappa shape index (κ2) is 11.7. The molecule has 6 rings (SSSR count). The number of alkyl halides is 3. The predicted octanol–water partition coefficient (Wildman–Crippen LogP) is 5.42. The number of hydrogen-bond donors (Lipinski definition) is 2. The van der Waals surface area contributed by atoms with Crippen LogP contribution < -0.4 is 24.6 Å². The standard InChI is InChI=1S/C30H21F4N3O6S2/c1-42-20-11-14(5-10-19(20)43-13-21(38)35-17-4-2-3-15(12-17)30(32,33)34)22-23-25(44-26-24(22)45-29(41)36-26)28(40)37(27(23)39)18-8-6-16(31)7-9-18/h2-12,22-23,25H,13H2,1H3,(H,35,38)(H,36,41)/t22-,23-,25+/m0/s1. The molecule has 2 aliphatic rings. The van der Waals surface area contributed by atoms with Gasteiger partial charge < -0.3 is 19.8 Å². The fourth-order valence-electron chi connectivity index (χ4n) is 5.33. The van der Waals surface area contributed by atoms with Gasteiger partial charge in [-0.05, 0) is 60.2 Å². The number of aromatic nitrogens is 1. The van der Waals surface area contributed by atoms with Crippen molar-refractivity contribution in [3.05, 3.63) is 98.2 Å². The van der Waals surface area contributed by atoms with Crippen LogP contribution in [0.25, 0.3) is 0 Å². The molecule has 0 radical (unpaired) electrons. The topological polar surface area (TPSA) is 118 Å². The lowest BCUT2D eigenvalue weighted by Gasteiger charge is -2.30. The van der Waals surface area contributed by atoms with E-state index in [0.717, 1.165) is 52.3 Å². The highest BCUT2D eigenvalue weighted by Gasteiger charge is 2.56. The van der Waals surface area contributed by atoms with E-state index in [2.05, 4.69) is 10.3 Å². The molecule has 0 unspecified atom stereocenters. The summed E-state index contributed by atoms with van der Waals surface area (Å²) in [7, 11) is 1.36. The number of benzene rings is 3. The average molecular weight is 660 g/mol. The van der Waals surface area contributed by atoms with Crippen molar-refractivity contribution >= 4 is 52.2 Å². The third-order valence-corrected chi connectivity index (χ3v) is 9.69. The maximum absolute atomic E-state index is 13.8. The molecular formula is C30H21F4N3O6S2. The number of amides is 3. The second-order valence-electron chi connectivity index (χ2n) is 10.1. The number of imide groups is 1. The van der Waals surface area contributed by atoms with Crippen LogP contribution in [0.15, 0.2) is 76.6 Å².